The fourth-order valence-electron chi connectivity index (χ4n) is 6.42. The van der Waals surface area contributed by atoms with Gasteiger partial charge in [0.05, 0.1) is 5.58 Å². The zero-order valence-electron chi connectivity index (χ0n) is 29.5. The second kappa shape index (κ2) is 16.1. The molecule has 0 aliphatic heterocycles. The van der Waals surface area contributed by atoms with Gasteiger partial charge < -0.3 is 9.40 Å². The number of pyridine rings is 2. The van der Waals surface area contributed by atoms with Gasteiger partial charge >= 0.3 is 106 Å². The van der Waals surface area contributed by atoms with Crippen molar-refractivity contribution in [1.82, 2.24) is 9.97 Å². The van der Waals surface area contributed by atoms with E-state index in [4.69, 9.17) is 4.42 Å². The minimum Gasteiger partial charge on any atom is 0 e. The Morgan fingerprint density at radius 2 is 1.45 bits per heavy atom. The van der Waals surface area contributed by atoms with Gasteiger partial charge in [-0.25, -0.2) is 13.2 Å². The summed E-state index contributed by atoms with van der Waals surface area (Å²) in [7, 11) is 0. The van der Waals surface area contributed by atoms with Gasteiger partial charge in [-0.1, -0.05) is 36.9 Å². The maximum Gasteiger partial charge on any atom is 0 e. The average molecular weight is 922 g/mol. The Balaban J connectivity index is 0.000000237. The smallest absolute Gasteiger partial charge is 0 e. The average Bonchev–Trinajstić information content (AvgIpc) is 3.48. The molecule has 0 N–H and O–H groups in total. The first kappa shape index (κ1) is 38.2. The molecule has 51 heavy (non-hydrogen) atoms. The Hall–Kier alpha value is -4.04. The molecule has 0 atom stereocenters. The number of aromatic nitrogens is 2. The zero-order chi connectivity index (χ0) is 35.6. The van der Waals surface area contributed by atoms with Crippen molar-refractivity contribution in [3.05, 3.63) is 138 Å². The van der Waals surface area contributed by atoms with Crippen LogP contribution in [0.5, 0.6) is 0 Å². The van der Waals surface area contributed by atoms with Gasteiger partial charge in [-0.15, -0.1) is 23.8 Å². The van der Waals surface area contributed by atoms with Crippen molar-refractivity contribution in [2.24, 2.45) is 0 Å². The molecule has 7 rings (SSSR count). The van der Waals surface area contributed by atoms with E-state index in [1.165, 1.54) is 15.5 Å². The third kappa shape index (κ3) is 8.38. The minimum absolute atomic E-state index is 0. The second-order valence-electron chi connectivity index (χ2n) is 13.6. The number of benzene rings is 4. The molecule has 0 saturated carbocycles. The van der Waals surface area contributed by atoms with Gasteiger partial charge in [0.1, 0.15) is 5.58 Å². The Morgan fingerprint density at radius 3 is 2.10 bits per heavy atom. The number of furan rings is 1. The molecule has 0 saturated heterocycles. The monoisotopic (exact) mass is 923 g/mol. The molecule has 263 valence electrons. The SMILES string of the molecule is CCC(CC)c1ccnc(-c2[c-]cc3oc4ccc(-c5cc(F)c(F)c(F)c5)cc4c3c2)c1.Cc1cc(-c2[c-]cccc2)nc[c]1[Ge]([CH3])([CH3])[CH3].[Ir]. The van der Waals surface area contributed by atoms with E-state index in [0.29, 0.717) is 22.6 Å². The number of nitrogens with zero attached hydrogens (tertiary/aromatic N) is 2. The van der Waals surface area contributed by atoms with Crippen molar-refractivity contribution < 1.29 is 37.7 Å². The molecule has 3 nitrogen and oxygen atoms in total. The Bertz CT molecular complexity index is 2270. The Morgan fingerprint density at radius 1 is 0.745 bits per heavy atom. The van der Waals surface area contributed by atoms with Crippen LogP contribution in [0.25, 0.3) is 55.6 Å². The van der Waals surface area contributed by atoms with Crippen molar-refractivity contribution in [2.45, 2.75) is 56.8 Å². The first-order valence-electron chi connectivity index (χ1n) is 16.9. The van der Waals surface area contributed by atoms with Crippen molar-refractivity contribution in [3.63, 3.8) is 0 Å². The molecule has 0 bridgehead atoms. The molecular weight excluding hydrogens is 882 g/mol. The van der Waals surface area contributed by atoms with Gasteiger partial charge in [-0.2, -0.15) is 0 Å². The number of halogens is 3. The van der Waals surface area contributed by atoms with E-state index in [9.17, 15) is 13.2 Å². The first-order chi connectivity index (χ1) is 24.0. The molecule has 0 amide bonds. The van der Waals surface area contributed by atoms with Crippen molar-refractivity contribution in [1.29, 1.82) is 0 Å². The van der Waals surface area contributed by atoms with Crippen LogP contribution in [-0.4, -0.2) is 23.2 Å². The standard InChI is InChI=1S/C28H21F3NO.C15H18GeN.Ir/c1-3-16(4-2)18-9-10-32-25(15-18)19-6-8-27-22(12-19)21-11-17(5-7-26(21)33-27)20-13-23(29)28(31)24(30)14-20;1-12-10-15(13-8-6-5-7-9-13)17-11-14(12)16(2,3)4;/h5,7-16H,3-4H2,1-2H3;5-8,10-11H,1-4H3;/q2*-1;. The minimum atomic E-state index is -1.77. The van der Waals surface area contributed by atoms with Crippen LogP contribution >= 0.6 is 0 Å². The summed E-state index contributed by atoms with van der Waals surface area (Å²) in [6.45, 7) is 6.56. The second-order valence-corrected chi connectivity index (χ2v) is 24.2. The molecule has 0 unspecified atom stereocenters. The van der Waals surface area contributed by atoms with Crippen LogP contribution < -0.4 is 4.40 Å². The maximum absolute atomic E-state index is 13.8. The number of hydrogen-bond acceptors (Lipinski definition) is 3. The molecule has 0 aliphatic rings. The summed E-state index contributed by atoms with van der Waals surface area (Å²) < 4.78 is 48.4. The van der Waals surface area contributed by atoms with E-state index in [1.807, 2.05) is 30.5 Å². The predicted molar refractivity (Wildman–Crippen MR) is 201 cm³/mol. The summed E-state index contributed by atoms with van der Waals surface area (Å²) in [4.78, 5) is 9.14. The van der Waals surface area contributed by atoms with Crippen LogP contribution in [0, 0.1) is 36.5 Å². The van der Waals surface area contributed by atoms with Crippen LogP contribution in [0.4, 0.5) is 13.2 Å². The van der Waals surface area contributed by atoms with E-state index in [1.54, 1.807) is 24.3 Å². The van der Waals surface area contributed by atoms with Crippen molar-refractivity contribution >= 4 is 39.6 Å². The van der Waals surface area contributed by atoms with Crippen LogP contribution in [-0.2, 0) is 20.1 Å². The number of hydrogen-bond donors (Lipinski definition) is 0. The predicted octanol–water partition coefficient (Wildman–Crippen LogP) is 11.8. The van der Waals surface area contributed by atoms with Gasteiger partial charge in [-0.3, -0.25) is 0 Å². The molecule has 0 fully saturated rings. The quantitative estimate of drug-likeness (QED) is 0.0908. The summed E-state index contributed by atoms with van der Waals surface area (Å²) in [5, 5.41) is 1.64. The molecule has 8 heteroatoms. The number of aryl methyl sites for hydroxylation is 1. The van der Waals surface area contributed by atoms with Gasteiger partial charge in [0.2, 0.25) is 0 Å². The van der Waals surface area contributed by atoms with Gasteiger partial charge in [0.25, 0.3) is 0 Å². The van der Waals surface area contributed by atoms with Gasteiger partial charge in [0.15, 0.2) is 17.5 Å². The van der Waals surface area contributed by atoms with Gasteiger partial charge in [-0.05, 0) is 65.9 Å². The van der Waals surface area contributed by atoms with Gasteiger partial charge in [0, 0.05) is 31.7 Å². The number of fused-ring (bicyclic) bond motifs is 3. The fraction of sp³-hybridized carbons (Fsp3) is 0.209. The molecular formula is C43H39F3GeIrN2O-2. The molecule has 0 spiro atoms. The zero-order valence-corrected chi connectivity index (χ0v) is 34.0. The molecule has 7 aromatic rings. The maximum atomic E-state index is 13.8. The molecule has 3 heterocycles. The normalized spacial score (nSPS) is 11.4. The Labute approximate surface area is 314 Å². The molecule has 0 aliphatic carbocycles. The summed E-state index contributed by atoms with van der Waals surface area (Å²) in [5.41, 5.74) is 8.49. The van der Waals surface area contributed by atoms with Crippen molar-refractivity contribution in [2.75, 3.05) is 0 Å². The third-order valence-corrected chi connectivity index (χ3v) is 13.6. The van der Waals surface area contributed by atoms with E-state index < -0.39 is 30.7 Å². The molecule has 4 aromatic carbocycles. The van der Waals surface area contributed by atoms with E-state index in [2.05, 4.69) is 90.6 Å². The molecule has 1 radical (unpaired) electrons. The van der Waals surface area contributed by atoms with E-state index >= 15 is 0 Å². The van der Waals surface area contributed by atoms with E-state index in [-0.39, 0.29) is 25.7 Å². The summed E-state index contributed by atoms with van der Waals surface area (Å²) in [5.74, 6) is 3.76. The van der Waals surface area contributed by atoms with Crippen LogP contribution in [0.15, 0.2) is 102 Å². The molecule has 3 aromatic heterocycles. The van der Waals surface area contributed by atoms with E-state index in [0.717, 1.165) is 58.3 Å². The first-order valence-corrected chi connectivity index (χ1v) is 24.2. The van der Waals surface area contributed by atoms with Crippen LogP contribution in [0.3, 0.4) is 0 Å². The summed E-state index contributed by atoms with van der Waals surface area (Å²) in [6, 6.07) is 31.8. The summed E-state index contributed by atoms with van der Waals surface area (Å²) in [6.07, 6.45) is 6.01. The topological polar surface area (TPSA) is 38.9 Å². The Kier molecular flexibility index (Phi) is 12.1. The van der Waals surface area contributed by atoms with Crippen molar-refractivity contribution in [3.8, 4) is 33.6 Å². The third-order valence-electron chi connectivity index (χ3n) is 9.14. The fourth-order valence-corrected chi connectivity index (χ4v) is 10.0. The largest absolute Gasteiger partial charge is 0 e. The summed E-state index contributed by atoms with van der Waals surface area (Å²) >= 11 is -1.77. The van der Waals surface area contributed by atoms with Crippen LogP contribution in [0.1, 0.15) is 43.7 Å². The van der Waals surface area contributed by atoms with Crippen LogP contribution in [0.2, 0.25) is 17.3 Å². The number of rotatable bonds is 7.